The highest BCUT2D eigenvalue weighted by molar-refractivity contribution is 5.68. The Morgan fingerprint density at radius 3 is 2.11 bits per heavy atom. The van der Waals surface area contributed by atoms with Gasteiger partial charge in [-0.05, 0) is 13.3 Å². The first-order valence-electron chi connectivity index (χ1n) is 7.65. The molecule has 0 rings (SSSR count). The van der Waals surface area contributed by atoms with E-state index in [4.69, 9.17) is 4.84 Å². The summed E-state index contributed by atoms with van der Waals surface area (Å²) in [6, 6.07) is 0.264. The molecule has 0 aliphatic rings. The van der Waals surface area contributed by atoms with Gasteiger partial charge in [0.15, 0.2) is 0 Å². The molecule has 0 aliphatic heterocycles. The maximum absolute atomic E-state index is 10.9. The van der Waals surface area contributed by atoms with Crippen LogP contribution in [0.3, 0.4) is 0 Å². The van der Waals surface area contributed by atoms with Gasteiger partial charge < -0.3 is 4.84 Å². The normalized spacial score (nSPS) is 12.4. The van der Waals surface area contributed by atoms with Gasteiger partial charge in [-0.3, -0.25) is 4.79 Å². The number of carbonyl (C=O) groups is 1. The van der Waals surface area contributed by atoms with Crippen molar-refractivity contribution in [3.63, 3.8) is 0 Å². The van der Waals surface area contributed by atoms with E-state index < -0.39 is 0 Å². The number of hydrogen-bond acceptors (Lipinski definition) is 3. The standard InChI is InChI=1S/C15H31NO2/c1-4-6-7-8-9-10-11-12-13-14(3)16-18-15(17)5-2/h14,16H,4-13H2,1-3H3. The Balaban J connectivity index is 3.20. The van der Waals surface area contributed by atoms with Gasteiger partial charge in [0, 0.05) is 12.5 Å². The minimum absolute atomic E-state index is 0.183. The van der Waals surface area contributed by atoms with Gasteiger partial charge in [0.2, 0.25) is 0 Å². The largest absolute Gasteiger partial charge is 0.370 e. The molecule has 0 aromatic carbocycles. The van der Waals surface area contributed by atoms with E-state index in [9.17, 15) is 4.79 Å². The highest BCUT2D eigenvalue weighted by Crippen LogP contribution is 2.10. The first-order chi connectivity index (χ1) is 8.70. The van der Waals surface area contributed by atoms with Crippen molar-refractivity contribution in [2.24, 2.45) is 0 Å². The van der Waals surface area contributed by atoms with Crippen molar-refractivity contribution in [1.82, 2.24) is 5.48 Å². The SMILES string of the molecule is CCCCCCCCCCC(C)NOC(=O)CC. The smallest absolute Gasteiger partial charge is 0.324 e. The summed E-state index contributed by atoms with van der Waals surface area (Å²) in [4.78, 5) is 15.8. The molecule has 0 radical (unpaired) electrons. The number of hydrogen-bond donors (Lipinski definition) is 1. The molecule has 0 saturated heterocycles. The number of hydroxylamine groups is 1. The maximum atomic E-state index is 10.9. The topological polar surface area (TPSA) is 38.3 Å². The summed E-state index contributed by atoms with van der Waals surface area (Å²) in [6.45, 7) is 6.11. The summed E-state index contributed by atoms with van der Waals surface area (Å²) < 4.78 is 0. The molecule has 0 aromatic rings. The Hall–Kier alpha value is -0.570. The van der Waals surface area contributed by atoms with Gasteiger partial charge in [0.05, 0.1) is 0 Å². The molecule has 1 unspecified atom stereocenters. The third-order valence-electron chi connectivity index (χ3n) is 3.15. The second-order valence-electron chi connectivity index (χ2n) is 5.11. The van der Waals surface area contributed by atoms with Gasteiger partial charge in [0.1, 0.15) is 0 Å². The molecule has 0 heterocycles. The van der Waals surface area contributed by atoms with E-state index in [1.165, 1.54) is 51.4 Å². The molecule has 1 N–H and O–H groups in total. The molecule has 18 heavy (non-hydrogen) atoms. The second kappa shape index (κ2) is 12.9. The molecule has 3 nitrogen and oxygen atoms in total. The van der Waals surface area contributed by atoms with Gasteiger partial charge >= 0.3 is 5.97 Å². The number of carbonyl (C=O) groups excluding carboxylic acids is 1. The predicted octanol–water partition coefficient (Wildman–Crippen LogP) is 4.36. The highest BCUT2D eigenvalue weighted by Gasteiger charge is 2.04. The Morgan fingerprint density at radius 2 is 1.56 bits per heavy atom. The van der Waals surface area contributed by atoms with Crippen LogP contribution in [0.15, 0.2) is 0 Å². The van der Waals surface area contributed by atoms with E-state index in [1.54, 1.807) is 6.92 Å². The van der Waals surface area contributed by atoms with Crippen LogP contribution >= 0.6 is 0 Å². The first-order valence-corrected chi connectivity index (χ1v) is 7.65. The third-order valence-corrected chi connectivity index (χ3v) is 3.15. The van der Waals surface area contributed by atoms with Crippen LogP contribution < -0.4 is 5.48 Å². The van der Waals surface area contributed by atoms with Crippen molar-refractivity contribution in [2.45, 2.75) is 91.0 Å². The summed E-state index contributed by atoms with van der Waals surface area (Å²) in [5, 5.41) is 0. The Kier molecular flexibility index (Phi) is 12.5. The van der Waals surface area contributed by atoms with E-state index in [1.807, 2.05) is 0 Å². The average molecular weight is 257 g/mol. The van der Waals surface area contributed by atoms with Gasteiger partial charge in [-0.1, -0.05) is 65.2 Å². The van der Waals surface area contributed by atoms with Crippen LogP contribution in [0.4, 0.5) is 0 Å². The minimum atomic E-state index is -0.183. The highest BCUT2D eigenvalue weighted by atomic mass is 16.7. The predicted molar refractivity (Wildman–Crippen MR) is 76.2 cm³/mol. The van der Waals surface area contributed by atoms with Crippen molar-refractivity contribution in [2.75, 3.05) is 0 Å². The molecular weight excluding hydrogens is 226 g/mol. The Bertz CT molecular complexity index is 195. The molecule has 108 valence electrons. The van der Waals surface area contributed by atoms with Crippen molar-refractivity contribution < 1.29 is 9.63 Å². The van der Waals surface area contributed by atoms with E-state index in [0.29, 0.717) is 6.42 Å². The quantitative estimate of drug-likeness (QED) is 0.417. The Labute approximate surface area is 113 Å². The summed E-state index contributed by atoms with van der Waals surface area (Å²) in [5.41, 5.74) is 2.80. The summed E-state index contributed by atoms with van der Waals surface area (Å²) in [6.07, 6.45) is 12.2. The van der Waals surface area contributed by atoms with Crippen LogP contribution in [0.5, 0.6) is 0 Å². The van der Waals surface area contributed by atoms with Gasteiger partial charge in [-0.25, -0.2) is 0 Å². The van der Waals surface area contributed by atoms with E-state index in [-0.39, 0.29) is 12.0 Å². The molecule has 0 aromatic heterocycles. The van der Waals surface area contributed by atoms with E-state index in [0.717, 1.165) is 6.42 Å². The Morgan fingerprint density at radius 1 is 1.00 bits per heavy atom. The van der Waals surface area contributed by atoms with Crippen LogP contribution in [0.25, 0.3) is 0 Å². The van der Waals surface area contributed by atoms with Gasteiger partial charge in [-0.15, -0.1) is 0 Å². The zero-order valence-corrected chi connectivity index (χ0v) is 12.5. The minimum Gasteiger partial charge on any atom is -0.370 e. The molecule has 0 aliphatic carbocycles. The number of rotatable bonds is 12. The van der Waals surface area contributed by atoms with Crippen LogP contribution in [-0.4, -0.2) is 12.0 Å². The summed E-state index contributed by atoms with van der Waals surface area (Å²) in [5.74, 6) is -0.183. The van der Waals surface area contributed by atoms with E-state index in [2.05, 4.69) is 19.3 Å². The zero-order valence-electron chi connectivity index (χ0n) is 12.5. The lowest BCUT2D eigenvalue weighted by molar-refractivity contribution is -0.152. The second-order valence-corrected chi connectivity index (χ2v) is 5.11. The lowest BCUT2D eigenvalue weighted by atomic mass is 10.1. The third kappa shape index (κ3) is 11.9. The zero-order chi connectivity index (χ0) is 13.6. The summed E-state index contributed by atoms with van der Waals surface area (Å²) in [7, 11) is 0. The monoisotopic (exact) mass is 257 g/mol. The lowest BCUT2D eigenvalue weighted by Gasteiger charge is -2.12. The van der Waals surface area contributed by atoms with Crippen LogP contribution in [0.2, 0.25) is 0 Å². The molecule has 0 amide bonds. The van der Waals surface area contributed by atoms with Crippen molar-refractivity contribution in [3.8, 4) is 0 Å². The number of unbranched alkanes of at least 4 members (excludes halogenated alkanes) is 7. The fourth-order valence-electron chi connectivity index (χ4n) is 1.88. The maximum Gasteiger partial charge on any atom is 0.324 e. The molecular formula is C15H31NO2. The fraction of sp³-hybridized carbons (Fsp3) is 0.933. The molecule has 0 spiro atoms. The van der Waals surface area contributed by atoms with Crippen molar-refractivity contribution in [3.05, 3.63) is 0 Å². The molecule has 1 atom stereocenters. The lowest BCUT2D eigenvalue weighted by Crippen LogP contribution is -2.28. The van der Waals surface area contributed by atoms with Crippen LogP contribution in [0.1, 0.15) is 85.0 Å². The van der Waals surface area contributed by atoms with E-state index >= 15 is 0 Å². The average Bonchev–Trinajstić information content (AvgIpc) is 2.39. The van der Waals surface area contributed by atoms with Crippen LogP contribution in [0, 0.1) is 0 Å². The molecule has 0 bridgehead atoms. The molecule has 0 fully saturated rings. The summed E-state index contributed by atoms with van der Waals surface area (Å²) >= 11 is 0. The van der Waals surface area contributed by atoms with Gasteiger partial charge in [-0.2, -0.15) is 5.48 Å². The molecule has 3 heteroatoms. The van der Waals surface area contributed by atoms with Crippen molar-refractivity contribution >= 4 is 5.97 Å². The molecule has 0 saturated carbocycles. The van der Waals surface area contributed by atoms with Gasteiger partial charge in [0.25, 0.3) is 0 Å². The first kappa shape index (κ1) is 17.4. The number of nitrogens with one attached hydrogen (secondary N) is 1. The fourth-order valence-corrected chi connectivity index (χ4v) is 1.88. The van der Waals surface area contributed by atoms with Crippen molar-refractivity contribution in [1.29, 1.82) is 0 Å². The van der Waals surface area contributed by atoms with Crippen LogP contribution in [-0.2, 0) is 9.63 Å².